The van der Waals surface area contributed by atoms with Crippen LogP contribution in [0.2, 0.25) is 15.2 Å². The molecule has 164 valence electrons. The predicted molar refractivity (Wildman–Crippen MR) is 118 cm³/mol. The summed E-state index contributed by atoms with van der Waals surface area (Å²) in [5.41, 5.74) is 1.58. The number of fused-ring (bicyclic) bond motifs is 1. The van der Waals surface area contributed by atoms with Crippen molar-refractivity contribution in [3.63, 3.8) is 0 Å². The molecule has 2 aromatic carbocycles. The smallest absolute Gasteiger partial charge is 0.244 e. The molecule has 3 aromatic rings. The van der Waals surface area contributed by atoms with E-state index in [1.807, 2.05) is 0 Å². The van der Waals surface area contributed by atoms with Gasteiger partial charge in [0.2, 0.25) is 20.0 Å². The Kier molecular flexibility index (Phi) is 5.49. The Morgan fingerprint density at radius 1 is 1.13 bits per heavy atom. The molecule has 0 radical (unpaired) electrons. The minimum Gasteiger partial charge on any atom is -0.364 e. The first kappa shape index (κ1) is 22.3. The molecule has 1 atom stereocenters. The third-order valence-corrected chi connectivity index (χ3v) is 8.06. The van der Waals surface area contributed by atoms with Crippen LogP contribution in [0.5, 0.6) is 0 Å². The fourth-order valence-electron chi connectivity index (χ4n) is 3.22. The van der Waals surface area contributed by atoms with Crippen LogP contribution in [-0.2, 0) is 20.0 Å². The fourth-order valence-corrected chi connectivity index (χ4v) is 6.19. The minimum atomic E-state index is -4.22. The third-order valence-electron chi connectivity index (χ3n) is 4.61. The Morgan fingerprint density at radius 2 is 1.77 bits per heavy atom. The number of aromatic nitrogens is 2. The van der Waals surface area contributed by atoms with Crippen LogP contribution in [0.1, 0.15) is 17.4 Å². The average molecular weight is 523 g/mol. The summed E-state index contributed by atoms with van der Waals surface area (Å²) in [4.78, 5) is -0.806. The molecule has 1 aromatic heterocycles. The lowest BCUT2D eigenvalue weighted by molar-refractivity contribution is 0.561. The van der Waals surface area contributed by atoms with Gasteiger partial charge in [-0.1, -0.05) is 34.8 Å². The second-order valence-corrected chi connectivity index (χ2v) is 11.1. The van der Waals surface area contributed by atoms with E-state index in [0.29, 0.717) is 22.0 Å². The first-order valence-corrected chi connectivity index (χ1v) is 12.7. The number of nitrogens with one attached hydrogen (secondary N) is 2. The van der Waals surface area contributed by atoms with Crippen LogP contribution < -0.4 is 15.2 Å². The van der Waals surface area contributed by atoms with Crippen LogP contribution >= 0.6 is 34.8 Å². The molecule has 0 fully saturated rings. The molecular formula is C17H14Cl3N5O4S2. The van der Waals surface area contributed by atoms with Crippen molar-refractivity contribution in [2.75, 3.05) is 5.32 Å². The number of rotatable bonds is 3. The third kappa shape index (κ3) is 4.02. The van der Waals surface area contributed by atoms with Crippen LogP contribution in [0.3, 0.4) is 0 Å². The number of hydrogen-bond acceptors (Lipinski definition) is 6. The van der Waals surface area contributed by atoms with E-state index >= 15 is 0 Å². The van der Waals surface area contributed by atoms with Gasteiger partial charge in [-0.15, -0.1) is 0 Å². The first-order valence-electron chi connectivity index (χ1n) is 8.54. The second-order valence-electron chi connectivity index (χ2n) is 6.70. The Balaban J connectivity index is 1.81. The van der Waals surface area contributed by atoms with E-state index in [9.17, 15) is 16.8 Å². The monoisotopic (exact) mass is 521 g/mol. The van der Waals surface area contributed by atoms with E-state index < -0.39 is 31.1 Å². The highest BCUT2D eigenvalue weighted by molar-refractivity contribution is 7.90. The minimum absolute atomic E-state index is 0.0934. The summed E-state index contributed by atoms with van der Waals surface area (Å²) in [6.45, 7) is 1.68. The predicted octanol–water partition coefficient (Wildman–Crippen LogP) is 3.19. The molecular weight excluding hydrogens is 509 g/mol. The molecule has 0 unspecified atom stereocenters. The number of primary sulfonamides is 1. The molecule has 9 nitrogen and oxygen atoms in total. The van der Waals surface area contributed by atoms with Crippen molar-refractivity contribution in [2.24, 2.45) is 5.14 Å². The maximum Gasteiger partial charge on any atom is 0.244 e. The standard InChI is InChI=1S/C17H14Cl3N5O4S2/c1-8-15(16(20)25(23-8)10-4-2-9(18)3-5-10)17-22-12-6-11(19)13(30(21,26)27)7-14(12)31(28,29)24-17/h2-7,17,22,24H,1H3,(H2,21,26,27)/t17-/m0/s1. The highest BCUT2D eigenvalue weighted by Gasteiger charge is 2.35. The van der Waals surface area contributed by atoms with E-state index in [4.69, 9.17) is 39.9 Å². The van der Waals surface area contributed by atoms with Gasteiger partial charge in [0, 0.05) is 5.02 Å². The lowest BCUT2D eigenvalue weighted by Crippen LogP contribution is -2.38. The molecule has 1 aliphatic heterocycles. The molecule has 0 spiro atoms. The molecule has 0 amide bonds. The zero-order valence-corrected chi connectivity index (χ0v) is 19.5. The van der Waals surface area contributed by atoms with Gasteiger partial charge in [0.05, 0.1) is 27.7 Å². The Hall–Kier alpha value is -1.86. The number of hydrogen-bond donors (Lipinski definition) is 3. The van der Waals surface area contributed by atoms with Crippen molar-refractivity contribution in [3.8, 4) is 5.69 Å². The molecule has 2 heterocycles. The van der Waals surface area contributed by atoms with Crippen LogP contribution in [-0.4, -0.2) is 26.6 Å². The van der Waals surface area contributed by atoms with Gasteiger partial charge in [-0.25, -0.2) is 26.7 Å². The summed E-state index contributed by atoms with van der Waals surface area (Å²) in [5, 5.41) is 13.0. The summed E-state index contributed by atoms with van der Waals surface area (Å²) < 4.78 is 53.0. The van der Waals surface area contributed by atoms with Crippen LogP contribution in [0.4, 0.5) is 5.69 Å². The molecule has 0 saturated heterocycles. The average Bonchev–Trinajstić information content (AvgIpc) is 2.94. The maximum atomic E-state index is 12.9. The molecule has 1 aliphatic rings. The van der Waals surface area contributed by atoms with Crippen molar-refractivity contribution < 1.29 is 16.8 Å². The summed E-state index contributed by atoms with van der Waals surface area (Å²) in [6.07, 6.45) is -0.984. The molecule has 4 N–H and O–H groups in total. The van der Waals surface area contributed by atoms with Gasteiger partial charge >= 0.3 is 0 Å². The molecule has 0 saturated carbocycles. The molecule has 0 bridgehead atoms. The van der Waals surface area contributed by atoms with Gasteiger partial charge in [0.25, 0.3) is 0 Å². The van der Waals surface area contributed by atoms with Crippen LogP contribution in [0.25, 0.3) is 5.69 Å². The quantitative estimate of drug-likeness (QED) is 0.483. The van der Waals surface area contributed by atoms with Crippen molar-refractivity contribution in [1.29, 1.82) is 0 Å². The topological polar surface area (TPSA) is 136 Å². The van der Waals surface area contributed by atoms with E-state index in [1.54, 1.807) is 31.2 Å². The largest absolute Gasteiger partial charge is 0.364 e. The number of halogens is 3. The summed E-state index contributed by atoms with van der Waals surface area (Å²) >= 11 is 18.5. The first-order chi connectivity index (χ1) is 14.4. The summed E-state index contributed by atoms with van der Waals surface area (Å²) in [7, 11) is -8.36. The van der Waals surface area contributed by atoms with Gasteiger partial charge in [0.15, 0.2) is 0 Å². The van der Waals surface area contributed by atoms with Gasteiger partial charge in [-0.2, -0.15) is 9.82 Å². The Labute approximate surface area is 193 Å². The number of aryl methyl sites for hydroxylation is 1. The van der Waals surface area contributed by atoms with E-state index in [-0.39, 0.29) is 20.8 Å². The van der Waals surface area contributed by atoms with Crippen molar-refractivity contribution in [1.82, 2.24) is 14.5 Å². The SMILES string of the molecule is Cc1nn(-c2ccc(Cl)cc2)c(Cl)c1[C@H]1Nc2cc(Cl)c(S(N)(=O)=O)cc2S(=O)(=O)N1. The van der Waals surface area contributed by atoms with Gasteiger partial charge in [0.1, 0.15) is 21.1 Å². The molecule has 4 rings (SSSR count). The second kappa shape index (κ2) is 7.62. The van der Waals surface area contributed by atoms with Crippen molar-refractivity contribution >= 4 is 60.5 Å². The van der Waals surface area contributed by atoms with E-state index in [0.717, 1.165) is 6.07 Å². The Bertz CT molecular complexity index is 1420. The van der Waals surface area contributed by atoms with E-state index in [1.165, 1.54) is 10.7 Å². The summed E-state index contributed by atoms with van der Waals surface area (Å²) in [6, 6.07) is 8.87. The number of anilines is 1. The maximum absolute atomic E-state index is 12.9. The number of nitrogens with zero attached hydrogens (tertiary/aromatic N) is 2. The zero-order valence-electron chi connectivity index (χ0n) is 15.6. The number of benzene rings is 2. The van der Waals surface area contributed by atoms with E-state index in [2.05, 4.69) is 15.1 Å². The Morgan fingerprint density at radius 3 is 2.39 bits per heavy atom. The molecule has 31 heavy (non-hydrogen) atoms. The number of nitrogens with two attached hydrogens (primary N) is 1. The molecule has 14 heteroatoms. The van der Waals surface area contributed by atoms with Crippen LogP contribution in [0, 0.1) is 6.92 Å². The zero-order chi connectivity index (χ0) is 22.7. The van der Waals surface area contributed by atoms with Crippen molar-refractivity contribution in [2.45, 2.75) is 22.9 Å². The van der Waals surface area contributed by atoms with Crippen molar-refractivity contribution in [3.05, 3.63) is 62.9 Å². The number of sulfonamides is 2. The van der Waals surface area contributed by atoms with Gasteiger partial charge < -0.3 is 5.32 Å². The van der Waals surface area contributed by atoms with Gasteiger partial charge in [-0.05, 0) is 43.3 Å². The lowest BCUT2D eigenvalue weighted by atomic mass is 10.2. The highest BCUT2D eigenvalue weighted by atomic mass is 35.5. The highest BCUT2D eigenvalue weighted by Crippen LogP contribution is 2.39. The van der Waals surface area contributed by atoms with Gasteiger partial charge in [-0.3, -0.25) is 0 Å². The normalized spacial score (nSPS) is 17.8. The lowest BCUT2D eigenvalue weighted by Gasteiger charge is -2.28. The molecule has 0 aliphatic carbocycles. The van der Waals surface area contributed by atoms with Crippen LogP contribution in [0.15, 0.2) is 46.2 Å². The fraction of sp³-hybridized carbons (Fsp3) is 0.118. The summed E-state index contributed by atoms with van der Waals surface area (Å²) in [5.74, 6) is 0.